The number of hydrogen-bond acceptors (Lipinski definition) is 2. The van der Waals surface area contributed by atoms with Gasteiger partial charge in [-0.3, -0.25) is 4.79 Å². The predicted octanol–water partition coefficient (Wildman–Crippen LogP) is 4.27. The molecule has 21 heavy (non-hydrogen) atoms. The van der Waals surface area contributed by atoms with Crippen LogP contribution in [0.3, 0.4) is 0 Å². The molecular formula is C18H21NO2. The normalized spacial score (nSPS) is 14.9. The van der Waals surface area contributed by atoms with Crippen LogP contribution in [0.2, 0.25) is 0 Å². The lowest BCUT2D eigenvalue weighted by molar-refractivity contribution is -0.125. The first-order chi connectivity index (χ1) is 9.97. The van der Waals surface area contributed by atoms with Crippen molar-refractivity contribution in [3.05, 3.63) is 42.2 Å². The third-order valence-corrected chi connectivity index (χ3v) is 3.89. The molecule has 0 unspecified atom stereocenters. The van der Waals surface area contributed by atoms with E-state index in [-0.39, 0.29) is 11.3 Å². The Bertz CT molecular complexity index is 650. The summed E-state index contributed by atoms with van der Waals surface area (Å²) in [4.78, 5) is 14.5. The van der Waals surface area contributed by atoms with E-state index in [1.54, 1.807) is 6.26 Å². The maximum Gasteiger partial charge on any atom is 0.232 e. The lowest BCUT2D eigenvalue weighted by Gasteiger charge is -2.34. The molecule has 1 aliphatic heterocycles. The summed E-state index contributed by atoms with van der Waals surface area (Å²) in [5.41, 5.74) is 3.00. The quantitative estimate of drug-likeness (QED) is 0.783. The molecule has 0 saturated carbocycles. The average Bonchev–Trinajstić information content (AvgIpc) is 2.98. The molecule has 1 amide bonds. The molecule has 0 radical (unpaired) electrons. The molecular weight excluding hydrogens is 262 g/mol. The van der Waals surface area contributed by atoms with Crippen molar-refractivity contribution >= 4 is 11.6 Å². The van der Waals surface area contributed by atoms with Gasteiger partial charge in [0.05, 0.1) is 6.26 Å². The zero-order valence-electron chi connectivity index (χ0n) is 12.8. The van der Waals surface area contributed by atoms with Crippen molar-refractivity contribution in [3.63, 3.8) is 0 Å². The maximum atomic E-state index is 12.6. The molecule has 1 aromatic heterocycles. The van der Waals surface area contributed by atoms with Gasteiger partial charge in [0.1, 0.15) is 5.76 Å². The van der Waals surface area contributed by atoms with Crippen molar-refractivity contribution in [1.29, 1.82) is 0 Å². The van der Waals surface area contributed by atoms with E-state index in [9.17, 15) is 4.79 Å². The largest absolute Gasteiger partial charge is 0.464 e. The van der Waals surface area contributed by atoms with E-state index in [0.29, 0.717) is 0 Å². The minimum absolute atomic E-state index is 0.189. The van der Waals surface area contributed by atoms with Crippen LogP contribution in [0.1, 0.15) is 32.8 Å². The number of benzene rings is 1. The highest BCUT2D eigenvalue weighted by molar-refractivity contribution is 5.98. The van der Waals surface area contributed by atoms with Gasteiger partial charge in [-0.25, -0.2) is 0 Å². The average molecular weight is 283 g/mol. The molecule has 3 rings (SSSR count). The van der Waals surface area contributed by atoms with Crippen molar-refractivity contribution in [3.8, 4) is 11.3 Å². The Kier molecular flexibility index (Phi) is 3.36. The SMILES string of the molecule is CC(C)(C)C(=O)N1CCCc2cc(-c3ccco3)ccc21. The van der Waals surface area contributed by atoms with Gasteiger partial charge in [0.2, 0.25) is 5.91 Å². The standard InChI is InChI=1S/C18H21NO2/c1-18(2,3)17(20)19-10-4-6-13-12-14(8-9-15(13)19)16-7-5-11-21-16/h5,7-9,11-12H,4,6,10H2,1-3H3. The van der Waals surface area contributed by atoms with Gasteiger partial charge >= 0.3 is 0 Å². The molecule has 3 heteroatoms. The summed E-state index contributed by atoms with van der Waals surface area (Å²) in [5, 5.41) is 0. The molecule has 2 aromatic rings. The summed E-state index contributed by atoms with van der Waals surface area (Å²) in [6.07, 6.45) is 3.71. The number of carbonyl (C=O) groups is 1. The number of furan rings is 1. The molecule has 0 N–H and O–H groups in total. The highest BCUT2D eigenvalue weighted by atomic mass is 16.3. The van der Waals surface area contributed by atoms with Crippen LogP contribution >= 0.6 is 0 Å². The van der Waals surface area contributed by atoms with E-state index in [4.69, 9.17) is 4.42 Å². The molecule has 1 aromatic carbocycles. The highest BCUT2D eigenvalue weighted by Gasteiger charge is 2.31. The van der Waals surface area contributed by atoms with E-state index in [0.717, 1.165) is 36.4 Å². The molecule has 0 spiro atoms. The number of amides is 1. The van der Waals surface area contributed by atoms with E-state index < -0.39 is 0 Å². The minimum atomic E-state index is -0.353. The summed E-state index contributed by atoms with van der Waals surface area (Å²) >= 11 is 0. The number of nitrogens with zero attached hydrogens (tertiary/aromatic N) is 1. The monoisotopic (exact) mass is 283 g/mol. The van der Waals surface area contributed by atoms with Crippen molar-refractivity contribution in [2.45, 2.75) is 33.6 Å². The van der Waals surface area contributed by atoms with E-state index in [1.807, 2.05) is 43.9 Å². The molecule has 0 aliphatic carbocycles. The van der Waals surface area contributed by atoms with Crippen LogP contribution in [0.4, 0.5) is 5.69 Å². The van der Waals surface area contributed by atoms with Gasteiger partial charge in [0, 0.05) is 23.2 Å². The van der Waals surface area contributed by atoms with Gasteiger partial charge in [-0.2, -0.15) is 0 Å². The maximum absolute atomic E-state index is 12.6. The Morgan fingerprint density at radius 1 is 1.24 bits per heavy atom. The van der Waals surface area contributed by atoms with Gasteiger partial charge in [-0.05, 0) is 48.7 Å². The first-order valence-corrected chi connectivity index (χ1v) is 7.45. The summed E-state index contributed by atoms with van der Waals surface area (Å²) in [5.74, 6) is 1.06. The van der Waals surface area contributed by atoms with Crippen molar-refractivity contribution in [2.75, 3.05) is 11.4 Å². The zero-order chi connectivity index (χ0) is 15.0. The van der Waals surface area contributed by atoms with E-state index in [2.05, 4.69) is 12.1 Å². The zero-order valence-corrected chi connectivity index (χ0v) is 12.8. The molecule has 0 bridgehead atoms. The summed E-state index contributed by atoms with van der Waals surface area (Å²) in [6, 6.07) is 10.1. The number of rotatable bonds is 1. The number of hydrogen-bond donors (Lipinski definition) is 0. The van der Waals surface area contributed by atoms with Crippen LogP contribution in [-0.4, -0.2) is 12.5 Å². The molecule has 0 saturated heterocycles. The van der Waals surface area contributed by atoms with Crippen LogP contribution in [0.15, 0.2) is 41.0 Å². The molecule has 110 valence electrons. The molecule has 0 atom stereocenters. The Morgan fingerprint density at radius 2 is 2.05 bits per heavy atom. The van der Waals surface area contributed by atoms with Crippen LogP contribution in [0.5, 0.6) is 0 Å². The second kappa shape index (κ2) is 5.06. The second-order valence-electron chi connectivity index (χ2n) is 6.63. The number of anilines is 1. The van der Waals surface area contributed by atoms with Crippen molar-refractivity contribution in [1.82, 2.24) is 0 Å². The molecule has 3 nitrogen and oxygen atoms in total. The molecule has 2 heterocycles. The Balaban J connectivity index is 1.98. The lowest BCUT2D eigenvalue weighted by Crippen LogP contribution is -2.42. The lowest BCUT2D eigenvalue weighted by atomic mass is 9.91. The second-order valence-corrected chi connectivity index (χ2v) is 6.63. The summed E-state index contributed by atoms with van der Waals surface area (Å²) in [6.45, 7) is 6.73. The topological polar surface area (TPSA) is 33.5 Å². The van der Waals surface area contributed by atoms with Gasteiger partial charge in [0.25, 0.3) is 0 Å². The Hall–Kier alpha value is -2.03. The Morgan fingerprint density at radius 3 is 2.71 bits per heavy atom. The fourth-order valence-corrected chi connectivity index (χ4v) is 2.81. The van der Waals surface area contributed by atoms with Crippen molar-refractivity contribution < 1.29 is 9.21 Å². The molecule has 1 aliphatic rings. The fraction of sp³-hybridized carbons (Fsp3) is 0.389. The first-order valence-electron chi connectivity index (χ1n) is 7.45. The van der Waals surface area contributed by atoms with E-state index in [1.165, 1.54) is 5.56 Å². The van der Waals surface area contributed by atoms with E-state index >= 15 is 0 Å². The fourth-order valence-electron chi connectivity index (χ4n) is 2.81. The van der Waals surface area contributed by atoms with Crippen LogP contribution in [-0.2, 0) is 11.2 Å². The number of aryl methyl sites for hydroxylation is 1. The van der Waals surface area contributed by atoms with Crippen molar-refractivity contribution in [2.24, 2.45) is 5.41 Å². The van der Waals surface area contributed by atoms with Gasteiger partial charge in [-0.15, -0.1) is 0 Å². The van der Waals surface area contributed by atoms with Crippen LogP contribution in [0.25, 0.3) is 11.3 Å². The van der Waals surface area contributed by atoms with Crippen LogP contribution in [0, 0.1) is 5.41 Å². The highest BCUT2D eigenvalue weighted by Crippen LogP contribution is 2.34. The van der Waals surface area contributed by atoms with Gasteiger partial charge in [0.15, 0.2) is 0 Å². The number of carbonyl (C=O) groups excluding carboxylic acids is 1. The third kappa shape index (κ3) is 2.60. The first kappa shape index (κ1) is 13.9. The Labute approximate surface area is 125 Å². The molecule has 0 fully saturated rings. The minimum Gasteiger partial charge on any atom is -0.464 e. The van der Waals surface area contributed by atoms with Crippen LogP contribution < -0.4 is 4.90 Å². The van der Waals surface area contributed by atoms with Gasteiger partial charge < -0.3 is 9.32 Å². The number of fused-ring (bicyclic) bond motifs is 1. The summed E-state index contributed by atoms with van der Waals surface area (Å²) in [7, 11) is 0. The third-order valence-electron chi connectivity index (χ3n) is 3.89. The summed E-state index contributed by atoms with van der Waals surface area (Å²) < 4.78 is 5.46. The van der Waals surface area contributed by atoms with Gasteiger partial charge in [-0.1, -0.05) is 20.8 Å². The smallest absolute Gasteiger partial charge is 0.232 e. The predicted molar refractivity (Wildman–Crippen MR) is 84.3 cm³/mol.